The lowest BCUT2D eigenvalue weighted by molar-refractivity contribution is -0.131. The second-order valence-electron chi connectivity index (χ2n) is 6.03. The first-order chi connectivity index (χ1) is 9.37. The lowest BCUT2D eigenvalue weighted by Gasteiger charge is -2.38. The Morgan fingerprint density at radius 1 is 1.35 bits per heavy atom. The largest absolute Gasteiger partial charge is 0.478 e. The summed E-state index contributed by atoms with van der Waals surface area (Å²) < 4.78 is 0. The van der Waals surface area contributed by atoms with Gasteiger partial charge in [-0.1, -0.05) is 31.5 Å². The van der Waals surface area contributed by atoms with Gasteiger partial charge in [-0.05, 0) is 42.0 Å². The molecule has 3 nitrogen and oxygen atoms in total. The molecule has 2 rings (SSSR count). The second kappa shape index (κ2) is 5.88. The summed E-state index contributed by atoms with van der Waals surface area (Å²) in [6.07, 6.45) is 4.97. The van der Waals surface area contributed by atoms with Gasteiger partial charge in [0.15, 0.2) is 0 Å². The minimum atomic E-state index is -0.969. The van der Waals surface area contributed by atoms with Crippen LogP contribution >= 0.6 is 11.6 Å². The summed E-state index contributed by atoms with van der Waals surface area (Å²) in [7, 11) is 0. The molecule has 0 aliphatic carbocycles. The molecule has 0 amide bonds. The molecule has 1 saturated heterocycles. The van der Waals surface area contributed by atoms with Crippen molar-refractivity contribution >= 4 is 29.3 Å². The highest BCUT2D eigenvalue weighted by atomic mass is 35.5. The van der Waals surface area contributed by atoms with E-state index in [0.29, 0.717) is 10.4 Å². The van der Waals surface area contributed by atoms with E-state index in [1.165, 1.54) is 18.9 Å². The van der Waals surface area contributed by atoms with E-state index in [9.17, 15) is 4.79 Å². The summed E-state index contributed by atoms with van der Waals surface area (Å²) in [5.41, 5.74) is 2.26. The van der Waals surface area contributed by atoms with Crippen LogP contribution in [0.2, 0.25) is 5.02 Å². The first kappa shape index (κ1) is 14.9. The number of piperidine rings is 1. The number of halogens is 1. The Hall–Kier alpha value is -1.48. The van der Waals surface area contributed by atoms with Crippen molar-refractivity contribution in [3.8, 4) is 0 Å². The minimum absolute atomic E-state index is 0.421. The van der Waals surface area contributed by atoms with E-state index in [-0.39, 0.29) is 0 Å². The number of aliphatic carboxylic acids is 1. The number of carboxylic acids is 1. The van der Waals surface area contributed by atoms with Gasteiger partial charge in [0.1, 0.15) is 0 Å². The summed E-state index contributed by atoms with van der Waals surface area (Å²) in [6, 6.07) is 5.80. The molecule has 1 aliphatic heterocycles. The van der Waals surface area contributed by atoms with Crippen LogP contribution in [-0.2, 0) is 4.79 Å². The van der Waals surface area contributed by atoms with Gasteiger partial charge >= 0.3 is 5.97 Å². The van der Waals surface area contributed by atoms with Crippen LogP contribution in [0.4, 0.5) is 5.69 Å². The summed E-state index contributed by atoms with van der Waals surface area (Å²) in [5.74, 6) is -0.969. The predicted molar refractivity (Wildman–Crippen MR) is 83.3 cm³/mol. The van der Waals surface area contributed by atoms with Crippen LogP contribution < -0.4 is 4.90 Å². The maximum atomic E-state index is 10.5. The Morgan fingerprint density at radius 2 is 2.00 bits per heavy atom. The molecule has 108 valence electrons. The summed E-state index contributed by atoms with van der Waals surface area (Å²) in [4.78, 5) is 12.9. The van der Waals surface area contributed by atoms with Crippen molar-refractivity contribution in [1.82, 2.24) is 0 Å². The molecule has 0 atom stereocenters. The molecule has 4 heteroatoms. The third-order valence-corrected chi connectivity index (χ3v) is 4.20. The Bertz CT molecular complexity index is 527. The van der Waals surface area contributed by atoms with Crippen molar-refractivity contribution in [3.63, 3.8) is 0 Å². The fourth-order valence-corrected chi connectivity index (χ4v) is 2.62. The van der Waals surface area contributed by atoms with E-state index < -0.39 is 5.97 Å². The van der Waals surface area contributed by atoms with Gasteiger partial charge < -0.3 is 10.0 Å². The molecule has 1 aromatic rings. The minimum Gasteiger partial charge on any atom is -0.478 e. The van der Waals surface area contributed by atoms with Gasteiger partial charge in [-0.25, -0.2) is 4.79 Å². The monoisotopic (exact) mass is 293 g/mol. The quantitative estimate of drug-likeness (QED) is 0.854. The number of nitrogens with zero attached hydrogens (tertiary/aromatic N) is 1. The zero-order chi connectivity index (χ0) is 14.8. The Morgan fingerprint density at radius 3 is 2.55 bits per heavy atom. The van der Waals surface area contributed by atoms with Crippen molar-refractivity contribution in [3.05, 3.63) is 34.9 Å². The third-order valence-electron chi connectivity index (χ3n) is 3.87. The highest BCUT2D eigenvalue weighted by molar-refractivity contribution is 6.32. The van der Waals surface area contributed by atoms with Crippen molar-refractivity contribution in [2.24, 2.45) is 5.41 Å². The molecule has 20 heavy (non-hydrogen) atoms. The van der Waals surface area contributed by atoms with Crippen molar-refractivity contribution in [2.75, 3.05) is 18.0 Å². The van der Waals surface area contributed by atoms with Crippen molar-refractivity contribution < 1.29 is 9.90 Å². The number of carboxylic acid groups (broad SMARTS) is 1. The average molecular weight is 294 g/mol. The number of rotatable bonds is 3. The molecule has 0 saturated carbocycles. The zero-order valence-electron chi connectivity index (χ0n) is 11.9. The van der Waals surface area contributed by atoms with Gasteiger partial charge in [-0.2, -0.15) is 0 Å². The number of anilines is 1. The third kappa shape index (κ3) is 3.76. The Balaban J connectivity index is 2.11. The average Bonchev–Trinajstić information content (AvgIpc) is 2.37. The zero-order valence-corrected chi connectivity index (χ0v) is 12.7. The van der Waals surface area contributed by atoms with Gasteiger partial charge in [0, 0.05) is 29.9 Å². The molecule has 0 spiro atoms. The first-order valence-electron chi connectivity index (χ1n) is 6.83. The normalized spacial score (nSPS) is 18.4. The van der Waals surface area contributed by atoms with E-state index in [4.69, 9.17) is 16.7 Å². The van der Waals surface area contributed by atoms with Crippen LogP contribution in [0.25, 0.3) is 6.08 Å². The maximum absolute atomic E-state index is 10.5. The fourth-order valence-electron chi connectivity index (χ4n) is 2.38. The van der Waals surface area contributed by atoms with Crippen LogP contribution in [0.5, 0.6) is 0 Å². The van der Waals surface area contributed by atoms with Crippen LogP contribution in [0.15, 0.2) is 24.3 Å². The van der Waals surface area contributed by atoms with Crippen molar-refractivity contribution in [2.45, 2.75) is 26.7 Å². The summed E-state index contributed by atoms with van der Waals surface area (Å²) >= 11 is 6.22. The smallest absolute Gasteiger partial charge is 0.328 e. The van der Waals surface area contributed by atoms with Gasteiger partial charge in [0.05, 0.1) is 0 Å². The summed E-state index contributed by atoms with van der Waals surface area (Å²) in [5, 5.41) is 9.22. The molecule has 1 heterocycles. The topological polar surface area (TPSA) is 40.5 Å². The van der Waals surface area contributed by atoms with Crippen LogP contribution in [0, 0.1) is 5.41 Å². The highest BCUT2D eigenvalue weighted by Crippen LogP contribution is 2.33. The number of hydrogen-bond acceptors (Lipinski definition) is 2. The highest BCUT2D eigenvalue weighted by Gasteiger charge is 2.25. The van der Waals surface area contributed by atoms with Crippen LogP contribution in [-0.4, -0.2) is 24.2 Å². The molecule has 0 radical (unpaired) electrons. The Labute approximate surface area is 124 Å². The van der Waals surface area contributed by atoms with Crippen LogP contribution in [0.3, 0.4) is 0 Å². The molecular weight excluding hydrogens is 274 g/mol. The van der Waals surface area contributed by atoms with E-state index in [0.717, 1.165) is 30.4 Å². The van der Waals surface area contributed by atoms with E-state index in [2.05, 4.69) is 18.7 Å². The lowest BCUT2D eigenvalue weighted by Crippen LogP contribution is -2.37. The number of carbonyl (C=O) groups is 1. The standard InChI is InChI=1S/C16H20ClNO2/c1-16(2)7-9-18(10-8-16)13-5-3-12(14(17)11-13)4-6-15(19)20/h3-6,11H,7-10H2,1-2H3,(H,19,20)/b6-4+. The molecule has 1 fully saturated rings. The number of benzene rings is 1. The van der Waals surface area contributed by atoms with Gasteiger partial charge in [-0.3, -0.25) is 0 Å². The van der Waals surface area contributed by atoms with E-state index in [1.807, 2.05) is 18.2 Å². The fraction of sp³-hybridized carbons (Fsp3) is 0.438. The maximum Gasteiger partial charge on any atom is 0.328 e. The first-order valence-corrected chi connectivity index (χ1v) is 7.21. The van der Waals surface area contributed by atoms with Crippen LogP contribution in [0.1, 0.15) is 32.3 Å². The molecule has 1 aromatic carbocycles. The molecule has 1 N–H and O–H groups in total. The van der Waals surface area contributed by atoms with E-state index >= 15 is 0 Å². The molecular formula is C16H20ClNO2. The predicted octanol–water partition coefficient (Wildman–Crippen LogP) is 4.06. The summed E-state index contributed by atoms with van der Waals surface area (Å²) in [6.45, 7) is 6.68. The molecule has 0 bridgehead atoms. The van der Waals surface area contributed by atoms with E-state index in [1.54, 1.807) is 0 Å². The number of hydrogen-bond donors (Lipinski definition) is 1. The SMILES string of the molecule is CC1(C)CCN(c2ccc(/C=C/C(=O)O)c(Cl)c2)CC1. The van der Waals surface area contributed by atoms with Gasteiger partial charge in [0.2, 0.25) is 0 Å². The van der Waals surface area contributed by atoms with Gasteiger partial charge in [0.25, 0.3) is 0 Å². The second-order valence-corrected chi connectivity index (χ2v) is 6.44. The van der Waals surface area contributed by atoms with Gasteiger partial charge in [-0.15, -0.1) is 0 Å². The lowest BCUT2D eigenvalue weighted by atomic mass is 9.82. The van der Waals surface area contributed by atoms with Crippen molar-refractivity contribution in [1.29, 1.82) is 0 Å². The molecule has 1 aliphatic rings. The molecule has 0 unspecified atom stereocenters. The molecule has 0 aromatic heterocycles. The Kier molecular flexibility index (Phi) is 4.39.